The molecule has 0 fully saturated rings. The fourth-order valence-electron chi connectivity index (χ4n) is 3.32. The van der Waals surface area contributed by atoms with Gasteiger partial charge in [0.15, 0.2) is 5.60 Å². The number of aryl methyl sites for hydroxylation is 1. The summed E-state index contributed by atoms with van der Waals surface area (Å²) in [4.78, 5) is 25.0. The van der Waals surface area contributed by atoms with Gasteiger partial charge < -0.3 is 20.1 Å². The van der Waals surface area contributed by atoms with Crippen LogP contribution in [0.2, 0.25) is 0 Å². The summed E-state index contributed by atoms with van der Waals surface area (Å²) in [5.74, 6) is -0.627. The highest BCUT2D eigenvalue weighted by Gasteiger charge is 2.42. The van der Waals surface area contributed by atoms with E-state index in [1.807, 2.05) is 0 Å². The van der Waals surface area contributed by atoms with Crippen LogP contribution in [0.1, 0.15) is 31.5 Å². The smallest absolute Gasteiger partial charge is 0.366 e. The molecule has 1 aromatic heterocycles. The predicted octanol–water partition coefficient (Wildman–Crippen LogP) is 2.73. The van der Waals surface area contributed by atoms with Gasteiger partial charge in [-0.15, -0.1) is 0 Å². The lowest BCUT2D eigenvalue weighted by Crippen LogP contribution is -2.44. The fourth-order valence-corrected chi connectivity index (χ4v) is 3.32. The monoisotopic (exact) mass is 396 g/mol. The number of carbonyl (C=O) groups is 1. The summed E-state index contributed by atoms with van der Waals surface area (Å²) in [7, 11) is 0. The van der Waals surface area contributed by atoms with E-state index in [-0.39, 0.29) is 13.0 Å². The number of benzene rings is 2. The van der Waals surface area contributed by atoms with Gasteiger partial charge in [-0.1, -0.05) is 49.3 Å². The van der Waals surface area contributed by atoms with Crippen molar-refractivity contribution in [2.24, 2.45) is 5.41 Å². The highest BCUT2D eigenvalue weighted by molar-refractivity contribution is 5.99. The molecule has 1 unspecified atom stereocenters. The van der Waals surface area contributed by atoms with Crippen LogP contribution in [-0.4, -0.2) is 27.9 Å². The second-order valence-electron chi connectivity index (χ2n) is 8.00. The molecule has 2 aromatic carbocycles. The SMILES string of the molecule is Cc1noc(=O)c2ccc(NC(=O)C(O)(CC(C)(C)CO)c3ccccc3)cc12. The Morgan fingerprint density at radius 3 is 2.48 bits per heavy atom. The molecule has 3 aromatic rings. The van der Waals surface area contributed by atoms with Gasteiger partial charge in [0.25, 0.3) is 5.91 Å². The van der Waals surface area contributed by atoms with Crippen LogP contribution in [0.15, 0.2) is 57.8 Å². The van der Waals surface area contributed by atoms with Crippen molar-refractivity contribution in [2.75, 3.05) is 11.9 Å². The van der Waals surface area contributed by atoms with Gasteiger partial charge in [0, 0.05) is 17.7 Å². The van der Waals surface area contributed by atoms with Crippen LogP contribution in [0, 0.1) is 12.3 Å². The van der Waals surface area contributed by atoms with Crippen molar-refractivity contribution in [2.45, 2.75) is 32.8 Å². The molecule has 1 atom stereocenters. The van der Waals surface area contributed by atoms with Gasteiger partial charge in [0.1, 0.15) is 0 Å². The van der Waals surface area contributed by atoms with E-state index in [0.29, 0.717) is 27.7 Å². The second kappa shape index (κ2) is 7.77. The molecular weight excluding hydrogens is 372 g/mol. The van der Waals surface area contributed by atoms with E-state index in [1.54, 1.807) is 69.3 Å². The number of hydrogen-bond acceptors (Lipinski definition) is 6. The number of aliphatic hydroxyl groups is 2. The van der Waals surface area contributed by atoms with Gasteiger partial charge in [-0.05, 0) is 42.5 Å². The number of amides is 1. The van der Waals surface area contributed by atoms with Gasteiger partial charge in [-0.3, -0.25) is 4.79 Å². The lowest BCUT2D eigenvalue weighted by molar-refractivity contribution is -0.139. The molecule has 3 N–H and O–H groups in total. The third-order valence-electron chi connectivity index (χ3n) is 4.94. The lowest BCUT2D eigenvalue weighted by atomic mass is 9.76. The third kappa shape index (κ3) is 4.21. The summed E-state index contributed by atoms with van der Waals surface area (Å²) < 4.78 is 4.71. The molecule has 29 heavy (non-hydrogen) atoms. The van der Waals surface area contributed by atoms with Crippen LogP contribution in [0.4, 0.5) is 5.69 Å². The standard InChI is InChI=1S/C22H24N2O5/c1-14-18-11-16(9-10-17(18)19(26)29-24-14)23-20(27)22(28,12-21(2,3)13-25)15-7-5-4-6-8-15/h4-11,25,28H,12-13H2,1-3H3,(H,23,27). The van der Waals surface area contributed by atoms with Crippen molar-refractivity contribution in [1.29, 1.82) is 0 Å². The molecule has 0 aliphatic heterocycles. The Hall–Kier alpha value is -3.03. The summed E-state index contributed by atoms with van der Waals surface area (Å²) in [6, 6.07) is 13.4. The first kappa shape index (κ1) is 20.7. The number of nitrogens with zero attached hydrogens (tertiary/aromatic N) is 1. The van der Waals surface area contributed by atoms with E-state index in [4.69, 9.17) is 4.52 Å². The Morgan fingerprint density at radius 1 is 1.14 bits per heavy atom. The van der Waals surface area contributed by atoms with Crippen molar-refractivity contribution < 1.29 is 19.5 Å². The molecule has 0 aliphatic rings. The zero-order chi connectivity index (χ0) is 21.2. The maximum absolute atomic E-state index is 13.2. The van der Waals surface area contributed by atoms with E-state index < -0.39 is 22.5 Å². The third-order valence-corrected chi connectivity index (χ3v) is 4.94. The molecule has 1 amide bonds. The number of aliphatic hydroxyl groups excluding tert-OH is 1. The molecule has 0 aliphatic carbocycles. The highest BCUT2D eigenvalue weighted by atomic mass is 16.5. The molecule has 0 saturated heterocycles. The number of rotatable bonds is 6. The number of anilines is 1. The lowest BCUT2D eigenvalue weighted by Gasteiger charge is -2.34. The molecular formula is C22H24N2O5. The van der Waals surface area contributed by atoms with Gasteiger partial charge >= 0.3 is 5.63 Å². The largest absolute Gasteiger partial charge is 0.396 e. The predicted molar refractivity (Wildman–Crippen MR) is 109 cm³/mol. The molecule has 1 heterocycles. The van der Waals surface area contributed by atoms with Crippen LogP contribution in [0.5, 0.6) is 0 Å². The average molecular weight is 396 g/mol. The Kier molecular flexibility index (Phi) is 5.55. The summed E-state index contributed by atoms with van der Waals surface area (Å²) in [6.45, 7) is 5.06. The van der Waals surface area contributed by atoms with E-state index >= 15 is 0 Å². The summed E-state index contributed by atoms with van der Waals surface area (Å²) >= 11 is 0. The van der Waals surface area contributed by atoms with E-state index in [2.05, 4.69) is 10.5 Å². The number of hydrogen-bond donors (Lipinski definition) is 3. The number of aromatic nitrogens is 1. The zero-order valence-electron chi connectivity index (χ0n) is 16.6. The molecule has 0 spiro atoms. The fraction of sp³-hybridized carbons (Fsp3) is 0.318. The first-order valence-electron chi connectivity index (χ1n) is 9.27. The maximum Gasteiger partial charge on any atom is 0.366 e. The Balaban J connectivity index is 2.00. The van der Waals surface area contributed by atoms with Gasteiger partial charge in [-0.2, -0.15) is 0 Å². The van der Waals surface area contributed by atoms with Crippen LogP contribution >= 0.6 is 0 Å². The van der Waals surface area contributed by atoms with Crippen molar-refractivity contribution in [3.8, 4) is 0 Å². The maximum atomic E-state index is 13.2. The number of carbonyl (C=O) groups excluding carboxylic acids is 1. The van der Waals surface area contributed by atoms with E-state index in [9.17, 15) is 19.8 Å². The van der Waals surface area contributed by atoms with Gasteiger partial charge in [0.2, 0.25) is 0 Å². The summed E-state index contributed by atoms with van der Waals surface area (Å²) in [5, 5.41) is 28.4. The number of nitrogens with one attached hydrogen (secondary N) is 1. The minimum Gasteiger partial charge on any atom is -0.396 e. The van der Waals surface area contributed by atoms with Crippen molar-refractivity contribution >= 4 is 22.4 Å². The zero-order valence-corrected chi connectivity index (χ0v) is 16.6. The van der Waals surface area contributed by atoms with E-state index in [1.165, 1.54) is 0 Å². The Morgan fingerprint density at radius 2 is 1.83 bits per heavy atom. The number of fused-ring (bicyclic) bond motifs is 1. The van der Waals surface area contributed by atoms with Crippen LogP contribution in [-0.2, 0) is 10.4 Å². The van der Waals surface area contributed by atoms with Gasteiger partial charge in [-0.25, -0.2) is 4.79 Å². The molecule has 3 rings (SSSR count). The summed E-state index contributed by atoms with van der Waals surface area (Å²) in [5.41, 5.74) is -1.76. The Labute approximate surface area is 168 Å². The van der Waals surface area contributed by atoms with Crippen molar-refractivity contribution in [3.05, 3.63) is 70.2 Å². The van der Waals surface area contributed by atoms with Crippen LogP contribution in [0.25, 0.3) is 10.8 Å². The minimum absolute atomic E-state index is 0.0180. The van der Waals surface area contributed by atoms with Crippen LogP contribution < -0.4 is 10.9 Å². The van der Waals surface area contributed by atoms with E-state index in [0.717, 1.165) is 0 Å². The van der Waals surface area contributed by atoms with Crippen molar-refractivity contribution in [3.63, 3.8) is 0 Å². The van der Waals surface area contributed by atoms with Crippen molar-refractivity contribution in [1.82, 2.24) is 5.16 Å². The molecule has 7 nitrogen and oxygen atoms in total. The quantitative estimate of drug-likeness (QED) is 0.591. The average Bonchev–Trinajstić information content (AvgIpc) is 2.71. The topological polar surface area (TPSA) is 113 Å². The summed E-state index contributed by atoms with van der Waals surface area (Å²) in [6.07, 6.45) is 0.0180. The first-order valence-corrected chi connectivity index (χ1v) is 9.27. The van der Waals surface area contributed by atoms with Gasteiger partial charge in [0.05, 0.1) is 11.1 Å². The molecule has 0 bridgehead atoms. The van der Waals surface area contributed by atoms with Crippen LogP contribution in [0.3, 0.4) is 0 Å². The minimum atomic E-state index is -1.86. The first-order chi connectivity index (χ1) is 13.7. The molecule has 0 saturated carbocycles. The molecule has 0 radical (unpaired) electrons. The molecule has 152 valence electrons. The normalized spacial score (nSPS) is 13.8. The highest BCUT2D eigenvalue weighted by Crippen LogP contribution is 2.36. The molecule has 7 heteroatoms. The Bertz CT molecular complexity index is 1090. The second-order valence-corrected chi connectivity index (χ2v) is 8.00.